The second kappa shape index (κ2) is 6.17. The van der Waals surface area contributed by atoms with Crippen molar-refractivity contribution >= 4 is 0 Å². The molecule has 3 nitrogen and oxygen atoms in total. The van der Waals surface area contributed by atoms with Gasteiger partial charge < -0.3 is 15.0 Å². The van der Waals surface area contributed by atoms with Crippen molar-refractivity contribution in [2.75, 3.05) is 33.3 Å². The Morgan fingerprint density at radius 1 is 1.35 bits per heavy atom. The maximum Gasteiger partial charge on any atom is 0.0695 e. The Morgan fingerprint density at radius 3 is 2.65 bits per heavy atom. The lowest BCUT2D eigenvalue weighted by Crippen LogP contribution is -2.44. The smallest absolute Gasteiger partial charge is 0.0695 e. The normalized spacial score (nSPS) is 22.8. The fraction of sp³-hybridized carbons (Fsp3) is 1.00. The van der Waals surface area contributed by atoms with Crippen LogP contribution in [-0.2, 0) is 4.74 Å². The van der Waals surface area contributed by atoms with E-state index in [-0.39, 0.29) is 5.60 Å². The molecule has 2 rings (SSSR count). The molecule has 100 valence electrons. The summed E-state index contributed by atoms with van der Waals surface area (Å²) in [6.07, 6.45) is 7.86. The van der Waals surface area contributed by atoms with Gasteiger partial charge in [-0.2, -0.15) is 0 Å². The fourth-order valence-electron chi connectivity index (χ4n) is 2.63. The molecule has 17 heavy (non-hydrogen) atoms. The summed E-state index contributed by atoms with van der Waals surface area (Å²) in [4.78, 5) is 2.46. The summed E-state index contributed by atoms with van der Waals surface area (Å²) in [7, 11) is 2.23. The molecule has 1 N–H and O–H groups in total. The van der Waals surface area contributed by atoms with E-state index in [0.29, 0.717) is 0 Å². The van der Waals surface area contributed by atoms with E-state index in [1.165, 1.54) is 38.5 Å². The number of hydrogen-bond donors (Lipinski definition) is 1. The maximum atomic E-state index is 6.18. The van der Waals surface area contributed by atoms with Gasteiger partial charge in [0.15, 0.2) is 0 Å². The number of rotatable bonds is 9. The molecule has 0 unspecified atom stereocenters. The van der Waals surface area contributed by atoms with Crippen LogP contribution in [0, 0.1) is 0 Å². The lowest BCUT2D eigenvalue weighted by molar-refractivity contribution is -0.107. The van der Waals surface area contributed by atoms with E-state index in [0.717, 1.165) is 32.3 Å². The van der Waals surface area contributed by atoms with E-state index in [9.17, 15) is 0 Å². The highest BCUT2D eigenvalue weighted by molar-refractivity contribution is 4.90. The molecule has 3 heteroatoms. The quantitative estimate of drug-likeness (QED) is 0.624. The molecule has 0 amide bonds. The van der Waals surface area contributed by atoms with Crippen molar-refractivity contribution < 1.29 is 4.74 Å². The number of nitrogens with zero attached hydrogens (tertiary/aromatic N) is 1. The van der Waals surface area contributed by atoms with Crippen LogP contribution in [0.15, 0.2) is 0 Å². The molecule has 2 aliphatic carbocycles. The zero-order valence-electron chi connectivity index (χ0n) is 11.5. The van der Waals surface area contributed by atoms with Gasteiger partial charge in [-0.05, 0) is 58.7 Å². The van der Waals surface area contributed by atoms with Crippen LogP contribution in [0.2, 0.25) is 0 Å². The Balaban J connectivity index is 1.60. The summed E-state index contributed by atoms with van der Waals surface area (Å²) in [5, 5.41) is 3.41. The highest BCUT2D eigenvalue weighted by atomic mass is 16.5. The zero-order chi connectivity index (χ0) is 12.1. The highest BCUT2D eigenvalue weighted by Crippen LogP contribution is 2.38. The van der Waals surface area contributed by atoms with Crippen molar-refractivity contribution in [3.63, 3.8) is 0 Å². The number of ether oxygens (including phenoxy) is 1. The molecular weight excluding hydrogens is 212 g/mol. The molecule has 0 aromatic heterocycles. The Morgan fingerprint density at radius 2 is 2.12 bits per heavy atom. The summed E-state index contributed by atoms with van der Waals surface area (Å²) in [5.41, 5.74) is 0.229. The monoisotopic (exact) mass is 240 g/mol. The van der Waals surface area contributed by atoms with Crippen molar-refractivity contribution in [2.24, 2.45) is 0 Å². The first-order chi connectivity index (χ1) is 8.26. The van der Waals surface area contributed by atoms with Gasteiger partial charge in [0.1, 0.15) is 0 Å². The molecule has 0 saturated heterocycles. The molecule has 2 aliphatic rings. The van der Waals surface area contributed by atoms with Gasteiger partial charge in [0.05, 0.1) is 12.2 Å². The summed E-state index contributed by atoms with van der Waals surface area (Å²) in [5.74, 6) is 0. The Bertz CT molecular complexity index is 224. The van der Waals surface area contributed by atoms with E-state index < -0.39 is 0 Å². The van der Waals surface area contributed by atoms with Crippen molar-refractivity contribution in [3.05, 3.63) is 0 Å². The first kappa shape index (κ1) is 13.3. The Hall–Kier alpha value is -0.120. The van der Waals surface area contributed by atoms with Gasteiger partial charge in [-0.25, -0.2) is 0 Å². The van der Waals surface area contributed by atoms with Crippen molar-refractivity contribution in [1.29, 1.82) is 0 Å². The van der Waals surface area contributed by atoms with Gasteiger partial charge in [0.25, 0.3) is 0 Å². The molecule has 0 aromatic carbocycles. The first-order valence-electron chi connectivity index (χ1n) is 7.31. The van der Waals surface area contributed by atoms with E-state index in [1.54, 1.807) is 0 Å². The number of likely N-dealkylation sites (N-methyl/N-ethyl adjacent to an activating group) is 1. The van der Waals surface area contributed by atoms with Crippen LogP contribution in [0.25, 0.3) is 0 Å². The maximum absolute atomic E-state index is 6.18. The van der Waals surface area contributed by atoms with Crippen LogP contribution in [0.4, 0.5) is 0 Å². The average Bonchev–Trinajstić information content (AvgIpc) is 3.08. The van der Waals surface area contributed by atoms with Gasteiger partial charge in [0, 0.05) is 12.6 Å². The van der Waals surface area contributed by atoms with Gasteiger partial charge in [-0.15, -0.1) is 0 Å². The standard InChI is InChI=1S/C14H28N2O/c1-3-15-10-9-14(7-4-8-14)17-12-11-16(2)13-5-6-13/h13,15H,3-12H2,1-2H3. The third-order valence-electron chi connectivity index (χ3n) is 4.29. The Kier molecular flexibility index (Phi) is 4.83. The molecule has 0 atom stereocenters. The minimum absolute atomic E-state index is 0.229. The van der Waals surface area contributed by atoms with Crippen LogP contribution in [0.3, 0.4) is 0 Å². The molecule has 0 spiro atoms. The molecular formula is C14H28N2O. The van der Waals surface area contributed by atoms with Crippen LogP contribution in [-0.4, -0.2) is 49.8 Å². The number of hydrogen-bond acceptors (Lipinski definition) is 3. The summed E-state index contributed by atoms with van der Waals surface area (Å²) >= 11 is 0. The minimum Gasteiger partial charge on any atom is -0.374 e. The summed E-state index contributed by atoms with van der Waals surface area (Å²) in [6.45, 7) is 6.36. The zero-order valence-corrected chi connectivity index (χ0v) is 11.5. The minimum atomic E-state index is 0.229. The van der Waals surface area contributed by atoms with Crippen molar-refractivity contribution in [2.45, 2.75) is 57.1 Å². The van der Waals surface area contributed by atoms with E-state index in [2.05, 4.69) is 24.2 Å². The largest absolute Gasteiger partial charge is 0.374 e. The number of nitrogens with one attached hydrogen (secondary N) is 1. The lowest BCUT2D eigenvalue weighted by atomic mass is 9.77. The molecule has 2 saturated carbocycles. The average molecular weight is 240 g/mol. The van der Waals surface area contributed by atoms with Gasteiger partial charge >= 0.3 is 0 Å². The van der Waals surface area contributed by atoms with Crippen LogP contribution >= 0.6 is 0 Å². The SMILES string of the molecule is CCNCCC1(OCCN(C)C2CC2)CCC1. The molecule has 0 heterocycles. The molecule has 2 fully saturated rings. The fourth-order valence-corrected chi connectivity index (χ4v) is 2.63. The van der Waals surface area contributed by atoms with E-state index in [4.69, 9.17) is 4.74 Å². The van der Waals surface area contributed by atoms with Crippen molar-refractivity contribution in [1.82, 2.24) is 10.2 Å². The summed E-state index contributed by atoms with van der Waals surface area (Å²) in [6, 6.07) is 0.859. The van der Waals surface area contributed by atoms with Gasteiger partial charge in [-0.1, -0.05) is 6.92 Å². The van der Waals surface area contributed by atoms with E-state index in [1.807, 2.05) is 0 Å². The second-order valence-corrected chi connectivity index (χ2v) is 5.70. The predicted octanol–water partition coefficient (Wildman–Crippen LogP) is 2.02. The first-order valence-corrected chi connectivity index (χ1v) is 7.31. The molecule has 0 radical (unpaired) electrons. The molecule has 0 aliphatic heterocycles. The topological polar surface area (TPSA) is 24.5 Å². The third kappa shape index (κ3) is 3.94. The van der Waals surface area contributed by atoms with Gasteiger partial charge in [-0.3, -0.25) is 0 Å². The van der Waals surface area contributed by atoms with Gasteiger partial charge in [0.2, 0.25) is 0 Å². The van der Waals surface area contributed by atoms with Crippen molar-refractivity contribution in [3.8, 4) is 0 Å². The molecule has 0 bridgehead atoms. The Labute approximate surface area is 106 Å². The highest BCUT2D eigenvalue weighted by Gasteiger charge is 2.37. The predicted molar refractivity (Wildman–Crippen MR) is 71.3 cm³/mol. The van der Waals surface area contributed by atoms with Crippen LogP contribution < -0.4 is 5.32 Å². The van der Waals surface area contributed by atoms with E-state index >= 15 is 0 Å². The molecule has 0 aromatic rings. The lowest BCUT2D eigenvalue weighted by Gasteiger charge is -2.42. The third-order valence-corrected chi connectivity index (χ3v) is 4.29. The summed E-state index contributed by atoms with van der Waals surface area (Å²) < 4.78 is 6.18. The van der Waals surface area contributed by atoms with Crippen LogP contribution in [0.5, 0.6) is 0 Å². The second-order valence-electron chi connectivity index (χ2n) is 5.70. The van der Waals surface area contributed by atoms with Crippen LogP contribution in [0.1, 0.15) is 45.4 Å².